The molecule has 0 saturated carbocycles. The summed E-state index contributed by atoms with van der Waals surface area (Å²) < 4.78 is 0. The first-order valence-electron chi connectivity index (χ1n) is 8.84. The van der Waals surface area contributed by atoms with Crippen molar-refractivity contribution in [3.05, 3.63) is 82.6 Å². The van der Waals surface area contributed by atoms with E-state index < -0.39 is 0 Å². The molecule has 0 atom stereocenters. The second kappa shape index (κ2) is 6.43. The van der Waals surface area contributed by atoms with Crippen LogP contribution in [0.5, 0.6) is 0 Å². The maximum atomic E-state index is 12.9. The van der Waals surface area contributed by atoms with Gasteiger partial charge in [-0.1, -0.05) is 35.4 Å². The molecule has 2 heterocycles. The maximum absolute atomic E-state index is 12.9. The van der Waals surface area contributed by atoms with Crippen LogP contribution in [0.3, 0.4) is 0 Å². The molecule has 2 aliphatic heterocycles. The summed E-state index contributed by atoms with van der Waals surface area (Å²) in [5.74, 6) is -0.456. The lowest BCUT2D eigenvalue weighted by Gasteiger charge is -2.18. The number of aliphatic hydroxyl groups is 1. The number of benzene rings is 2. The molecule has 0 saturated heterocycles. The van der Waals surface area contributed by atoms with Crippen LogP contribution < -0.4 is 9.80 Å². The standard InChI is InChI=1S/C22H20N2O3/c1-14-3-7-17(8-4-14)23-12-16(11-20(23)26)21-19(25)13-24(22(21)27)18-9-5-15(2)6-10-18/h3-11,25H,12-13H2,1-2H3. The topological polar surface area (TPSA) is 60.9 Å². The Hall–Kier alpha value is -3.34. The van der Waals surface area contributed by atoms with Gasteiger partial charge in [0.25, 0.3) is 11.8 Å². The third kappa shape index (κ3) is 3.01. The van der Waals surface area contributed by atoms with Crippen molar-refractivity contribution < 1.29 is 14.7 Å². The van der Waals surface area contributed by atoms with Gasteiger partial charge in [-0.25, -0.2) is 0 Å². The van der Waals surface area contributed by atoms with Gasteiger partial charge in [-0.3, -0.25) is 9.59 Å². The molecule has 2 aromatic carbocycles. The molecule has 5 heteroatoms. The third-order valence-corrected chi connectivity index (χ3v) is 4.96. The molecule has 0 radical (unpaired) electrons. The zero-order chi connectivity index (χ0) is 19.1. The fourth-order valence-electron chi connectivity index (χ4n) is 3.43. The number of aryl methyl sites for hydroxylation is 2. The van der Waals surface area contributed by atoms with Crippen molar-refractivity contribution >= 4 is 23.2 Å². The zero-order valence-electron chi connectivity index (χ0n) is 15.3. The maximum Gasteiger partial charge on any atom is 0.262 e. The quantitative estimate of drug-likeness (QED) is 0.912. The molecular weight excluding hydrogens is 340 g/mol. The largest absolute Gasteiger partial charge is 0.510 e. The van der Waals surface area contributed by atoms with Crippen LogP contribution in [-0.4, -0.2) is 30.0 Å². The van der Waals surface area contributed by atoms with Gasteiger partial charge in [0.05, 0.1) is 18.7 Å². The van der Waals surface area contributed by atoms with Crippen LogP contribution in [-0.2, 0) is 9.59 Å². The van der Waals surface area contributed by atoms with Crippen LogP contribution in [0.25, 0.3) is 0 Å². The minimum Gasteiger partial charge on any atom is -0.510 e. The zero-order valence-corrected chi connectivity index (χ0v) is 15.3. The Balaban J connectivity index is 1.58. The Bertz CT molecular complexity index is 985. The highest BCUT2D eigenvalue weighted by Crippen LogP contribution is 2.32. The summed E-state index contributed by atoms with van der Waals surface area (Å²) in [4.78, 5) is 28.5. The first-order chi connectivity index (χ1) is 12.9. The number of rotatable bonds is 3. The molecule has 2 amide bonds. The van der Waals surface area contributed by atoms with E-state index in [4.69, 9.17) is 0 Å². The minimum absolute atomic E-state index is 0.00498. The van der Waals surface area contributed by atoms with E-state index in [1.165, 1.54) is 11.0 Å². The molecule has 0 unspecified atom stereocenters. The van der Waals surface area contributed by atoms with Crippen molar-refractivity contribution in [1.29, 1.82) is 0 Å². The number of carbonyl (C=O) groups is 2. The molecule has 27 heavy (non-hydrogen) atoms. The lowest BCUT2D eigenvalue weighted by atomic mass is 10.1. The van der Waals surface area contributed by atoms with E-state index in [1.807, 2.05) is 62.4 Å². The van der Waals surface area contributed by atoms with Crippen molar-refractivity contribution in [2.75, 3.05) is 22.9 Å². The number of aliphatic hydroxyl groups excluding tert-OH is 1. The normalized spacial score (nSPS) is 17.2. The van der Waals surface area contributed by atoms with E-state index in [-0.39, 0.29) is 36.2 Å². The molecule has 2 aliphatic rings. The predicted octanol–water partition coefficient (Wildman–Crippen LogP) is 3.44. The Morgan fingerprint density at radius 2 is 1.30 bits per heavy atom. The molecule has 0 fully saturated rings. The smallest absolute Gasteiger partial charge is 0.262 e. The second-order valence-electron chi connectivity index (χ2n) is 6.98. The van der Waals surface area contributed by atoms with Gasteiger partial charge in [0.1, 0.15) is 5.76 Å². The van der Waals surface area contributed by atoms with Crippen LogP contribution in [0.2, 0.25) is 0 Å². The van der Waals surface area contributed by atoms with Crippen molar-refractivity contribution in [2.24, 2.45) is 0 Å². The van der Waals surface area contributed by atoms with Crippen LogP contribution in [0, 0.1) is 13.8 Å². The van der Waals surface area contributed by atoms with E-state index in [1.54, 1.807) is 4.90 Å². The molecule has 1 N–H and O–H groups in total. The van der Waals surface area contributed by atoms with Crippen molar-refractivity contribution in [2.45, 2.75) is 13.8 Å². The van der Waals surface area contributed by atoms with E-state index in [9.17, 15) is 14.7 Å². The lowest BCUT2D eigenvalue weighted by molar-refractivity contribution is -0.114. The van der Waals surface area contributed by atoms with Gasteiger partial charge in [0.15, 0.2) is 0 Å². The molecular formula is C22H20N2O3. The summed E-state index contributed by atoms with van der Waals surface area (Å²) in [5.41, 5.74) is 4.50. The molecule has 0 bridgehead atoms. The molecule has 0 aromatic heterocycles. The molecule has 136 valence electrons. The van der Waals surface area contributed by atoms with E-state index in [0.717, 1.165) is 22.5 Å². The lowest BCUT2D eigenvalue weighted by Crippen LogP contribution is -2.28. The Labute approximate surface area is 157 Å². The van der Waals surface area contributed by atoms with Gasteiger partial charge in [0, 0.05) is 17.5 Å². The second-order valence-corrected chi connectivity index (χ2v) is 6.98. The number of nitrogens with zero attached hydrogens (tertiary/aromatic N) is 2. The average molecular weight is 360 g/mol. The fourth-order valence-corrected chi connectivity index (χ4v) is 3.43. The van der Waals surface area contributed by atoms with E-state index >= 15 is 0 Å². The first kappa shape index (κ1) is 17.1. The van der Waals surface area contributed by atoms with Gasteiger partial charge < -0.3 is 14.9 Å². The number of anilines is 2. The monoisotopic (exact) mass is 360 g/mol. The SMILES string of the molecule is Cc1ccc(N2CC(C3=C(O)CN(c4ccc(C)cc4)C3=O)=CC2=O)cc1. The van der Waals surface area contributed by atoms with Crippen LogP contribution >= 0.6 is 0 Å². The number of hydrogen-bond donors (Lipinski definition) is 1. The predicted molar refractivity (Wildman–Crippen MR) is 105 cm³/mol. The van der Waals surface area contributed by atoms with Gasteiger partial charge in [-0.15, -0.1) is 0 Å². The molecule has 4 rings (SSSR count). The van der Waals surface area contributed by atoms with Gasteiger partial charge in [0.2, 0.25) is 0 Å². The Morgan fingerprint density at radius 1 is 0.778 bits per heavy atom. The van der Waals surface area contributed by atoms with Crippen molar-refractivity contribution in [3.63, 3.8) is 0 Å². The van der Waals surface area contributed by atoms with E-state index in [0.29, 0.717) is 5.57 Å². The Kier molecular flexibility index (Phi) is 4.07. The highest BCUT2D eigenvalue weighted by Gasteiger charge is 2.37. The molecule has 0 aliphatic carbocycles. The summed E-state index contributed by atoms with van der Waals surface area (Å²) in [6.45, 7) is 4.35. The van der Waals surface area contributed by atoms with Gasteiger partial charge in [-0.05, 0) is 43.7 Å². The first-order valence-corrected chi connectivity index (χ1v) is 8.84. The summed E-state index contributed by atoms with van der Waals surface area (Å²) in [6, 6.07) is 15.2. The average Bonchev–Trinajstić information content (AvgIpc) is 3.16. The van der Waals surface area contributed by atoms with Crippen molar-refractivity contribution in [1.82, 2.24) is 0 Å². The van der Waals surface area contributed by atoms with Crippen molar-refractivity contribution in [3.8, 4) is 0 Å². The molecule has 0 spiro atoms. The number of carbonyl (C=O) groups excluding carboxylic acids is 2. The summed E-state index contributed by atoms with van der Waals surface area (Å²) in [6.07, 6.45) is 1.45. The van der Waals surface area contributed by atoms with Crippen LogP contribution in [0.4, 0.5) is 11.4 Å². The third-order valence-electron chi connectivity index (χ3n) is 4.96. The van der Waals surface area contributed by atoms with Gasteiger partial charge >= 0.3 is 0 Å². The number of amides is 2. The summed E-state index contributed by atoms with van der Waals surface area (Å²) in [7, 11) is 0. The summed E-state index contributed by atoms with van der Waals surface area (Å²) >= 11 is 0. The highest BCUT2D eigenvalue weighted by atomic mass is 16.3. The van der Waals surface area contributed by atoms with E-state index in [2.05, 4.69) is 0 Å². The Morgan fingerprint density at radius 3 is 1.85 bits per heavy atom. The fraction of sp³-hybridized carbons (Fsp3) is 0.182. The minimum atomic E-state index is -0.277. The van der Waals surface area contributed by atoms with Crippen LogP contribution in [0.15, 0.2) is 71.5 Å². The van der Waals surface area contributed by atoms with Gasteiger partial charge in [-0.2, -0.15) is 0 Å². The molecule has 5 nitrogen and oxygen atoms in total. The number of hydrogen-bond acceptors (Lipinski definition) is 3. The highest BCUT2D eigenvalue weighted by molar-refractivity contribution is 6.15. The summed E-state index contributed by atoms with van der Waals surface area (Å²) in [5, 5.41) is 10.4. The van der Waals surface area contributed by atoms with Crippen LogP contribution in [0.1, 0.15) is 11.1 Å². The molecule has 2 aromatic rings.